The molecule has 25 heavy (non-hydrogen) atoms. The molecule has 1 aliphatic carbocycles. The van der Waals surface area contributed by atoms with E-state index in [4.69, 9.17) is 9.47 Å². The molecule has 0 aliphatic heterocycles. The summed E-state index contributed by atoms with van der Waals surface area (Å²) in [5.41, 5.74) is -0.745. The Kier molecular flexibility index (Phi) is 8.72. The summed E-state index contributed by atoms with van der Waals surface area (Å²) in [7, 11) is 0. The fourth-order valence-electron chi connectivity index (χ4n) is 2.76. The maximum atomic E-state index is 12.1. The van der Waals surface area contributed by atoms with Gasteiger partial charge >= 0.3 is 18.0 Å². The van der Waals surface area contributed by atoms with Gasteiger partial charge in [0.2, 0.25) is 0 Å². The molecule has 1 aliphatic rings. The topological polar surface area (TPSA) is 102 Å². The normalized spacial score (nSPS) is 18.2. The molecule has 1 atom stereocenters. The average Bonchev–Trinajstić information content (AvgIpc) is 2.58. The number of ether oxygens (including phenoxy) is 2. The number of hydrogen-bond acceptors (Lipinski definition) is 5. The lowest BCUT2D eigenvalue weighted by molar-refractivity contribution is -0.154. The highest BCUT2D eigenvalue weighted by molar-refractivity contribution is 5.85. The van der Waals surface area contributed by atoms with Crippen molar-refractivity contribution in [2.75, 3.05) is 0 Å². The first kappa shape index (κ1) is 21.3. The first-order valence-corrected chi connectivity index (χ1v) is 9.09. The molecular weight excluding hydrogens is 326 g/mol. The molecule has 0 spiro atoms. The van der Waals surface area contributed by atoms with E-state index in [1.54, 1.807) is 20.8 Å². The molecule has 1 saturated carbocycles. The number of alkyl carbamates (subject to hydrolysis) is 1. The van der Waals surface area contributed by atoms with Crippen LogP contribution in [-0.2, 0) is 19.1 Å². The van der Waals surface area contributed by atoms with Crippen molar-refractivity contribution < 1.29 is 29.0 Å². The molecule has 0 bridgehead atoms. The minimum absolute atomic E-state index is 0.165. The van der Waals surface area contributed by atoms with Crippen molar-refractivity contribution in [2.45, 2.75) is 96.3 Å². The van der Waals surface area contributed by atoms with Crippen LogP contribution < -0.4 is 5.32 Å². The highest BCUT2D eigenvalue weighted by atomic mass is 16.6. The Labute approximate surface area is 149 Å². The third-order valence-corrected chi connectivity index (χ3v) is 3.96. The second kappa shape index (κ2) is 10.3. The molecule has 0 aromatic carbocycles. The summed E-state index contributed by atoms with van der Waals surface area (Å²) in [4.78, 5) is 35.1. The fraction of sp³-hybridized carbons (Fsp3) is 0.833. The average molecular weight is 357 g/mol. The molecule has 144 valence electrons. The Morgan fingerprint density at radius 3 is 2.04 bits per heavy atom. The van der Waals surface area contributed by atoms with E-state index in [1.807, 2.05) is 0 Å². The Morgan fingerprint density at radius 2 is 1.56 bits per heavy atom. The van der Waals surface area contributed by atoms with Gasteiger partial charge in [-0.05, 0) is 46.5 Å². The lowest BCUT2D eigenvalue weighted by Gasteiger charge is -2.22. The van der Waals surface area contributed by atoms with Crippen LogP contribution in [0.25, 0.3) is 0 Å². The molecule has 0 saturated heterocycles. The van der Waals surface area contributed by atoms with E-state index >= 15 is 0 Å². The smallest absolute Gasteiger partial charge is 0.408 e. The molecule has 7 heteroatoms. The zero-order chi connectivity index (χ0) is 18.9. The number of amides is 1. The van der Waals surface area contributed by atoms with E-state index in [-0.39, 0.29) is 6.10 Å². The van der Waals surface area contributed by atoms with E-state index in [0.717, 1.165) is 38.5 Å². The Morgan fingerprint density at radius 1 is 1.04 bits per heavy atom. The van der Waals surface area contributed by atoms with E-state index in [1.165, 1.54) is 12.8 Å². The predicted molar refractivity (Wildman–Crippen MR) is 92.2 cm³/mol. The van der Waals surface area contributed by atoms with Crippen LogP contribution in [0.1, 0.15) is 78.6 Å². The summed E-state index contributed by atoms with van der Waals surface area (Å²) in [5.74, 6) is -1.90. The molecule has 1 rings (SSSR count). The van der Waals surface area contributed by atoms with Crippen molar-refractivity contribution >= 4 is 18.0 Å². The lowest BCUT2D eigenvalue weighted by atomic mass is 10.1. The van der Waals surface area contributed by atoms with Gasteiger partial charge in [-0.2, -0.15) is 0 Å². The molecular formula is C18H31NO6. The van der Waals surface area contributed by atoms with Crippen molar-refractivity contribution in [1.29, 1.82) is 0 Å². The highest BCUT2D eigenvalue weighted by Crippen LogP contribution is 2.20. The highest BCUT2D eigenvalue weighted by Gasteiger charge is 2.28. The number of carbonyl (C=O) groups excluding carboxylic acids is 2. The van der Waals surface area contributed by atoms with Gasteiger partial charge in [0.05, 0.1) is 6.42 Å². The number of esters is 1. The monoisotopic (exact) mass is 357 g/mol. The number of hydrogen-bond donors (Lipinski definition) is 2. The minimum Gasteiger partial charge on any atom is -0.480 e. The summed E-state index contributed by atoms with van der Waals surface area (Å²) in [6.45, 7) is 5.02. The number of carboxylic acids is 1. The van der Waals surface area contributed by atoms with Crippen molar-refractivity contribution in [3.63, 3.8) is 0 Å². The molecule has 2 N–H and O–H groups in total. The quantitative estimate of drug-likeness (QED) is 0.731. The zero-order valence-corrected chi connectivity index (χ0v) is 15.5. The second-order valence-corrected chi connectivity index (χ2v) is 7.55. The van der Waals surface area contributed by atoms with Gasteiger partial charge < -0.3 is 19.9 Å². The van der Waals surface area contributed by atoms with Crippen LogP contribution in [0.3, 0.4) is 0 Å². The SMILES string of the molecule is CC(C)(C)OC(=O)NC(CC(=O)OC1CCCCCCCC1)C(=O)O. The molecule has 0 radical (unpaired) electrons. The summed E-state index contributed by atoms with van der Waals surface area (Å²) in [6, 6.07) is -1.36. The van der Waals surface area contributed by atoms with Crippen molar-refractivity contribution in [3.05, 3.63) is 0 Å². The van der Waals surface area contributed by atoms with Gasteiger partial charge in [0.25, 0.3) is 0 Å². The third-order valence-electron chi connectivity index (χ3n) is 3.96. The van der Waals surface area contributed by atoms with E-state index in [9.17, 15) is 19.5 Å². The summed E-state index contributed by atoms with van der Waals surface area (Å²) in [6.07, 6.45) is 6.88. The van der Waals surface area contributed by atoms with E-state index < -0.39 is 36.1 Å². The number of carboxylic acid groups (broad SMARTS) is 1. The summed E-state index contributed by atoms with van der Waals surface area (Å²) >= 11 is 0. The molecule has 0 heterocycles. The molecule has 7 nitrogen and oxygen atoms in total. The van der Waals surface area contributed by atoms with Crippen molar-refractivity contribution in [1.82, 2.24) is 5.32 Å². The molecule has 1 fully saturated rings. The van der Waals surface area contributed by atoms with Crippen molar-refractivity contribution in [3.8, 4) is 0 Å². The number of rotatable bonds is 5. The van der Waals surface area contributed by atoms with Crippen LogP contribution in [-0.4, -0.2) is 40.9 Å². The fourth-order valence-corrected chi connectivity index (χ4v) is 2.76. The third kappa shape index (κ3) is 9.94. The number of carbonyl (C=O) groups is 3. The first-order valence-electron chi connectivity index (χ1n) is 9.09. The van der Waals surface area contributed by atoms with Crippen molar-refractivity contribution in [2.24, 2.45) is 0 Å². The second-order valence-electron chi connectivity index (χ2n) is 7.55. The predicted octanol–water partition coefficient (Wildman–Crippen LogP) is 3.40. The van der Waals surface area contributed by atoms with E-state index in [2.05, 4.69) is 5.32 Å². The van der Waals surface area contributed by atoms with Crippen LogP contribution >= 0.6 is 0 Å². The minimum atomic E-state index is -1.36. The number of aliphatic carboxylic acids is 1. The molecule has 0 aromatic heterocycles. The lowest BCUT2D eigenvalue weighted by Crippen LogP contribution is -2.45. The van der Waals surface area contributed by atoms with Crippen LogP contribution in [0.4, 0.5) is 4.79 Å². The van der Waals surface area contributed by atoms with E-state index in [0.29, 0.717) is 0 Å². The van der Waals surface area contributed by atoms with Gasteiger partial charge in [-0.25, -0.2) is 9.59 Å². The molecule has 1 amide bonds. The first-order chi connectivity index (χ1) is 11.7. The zero-order valence-electron chi connectivity index (χ0n) is 15.5. The van der Waals surface area contributed by atoms with Crippen LogP contribution in [0.2, 0.25) is 0 Å². The molecule has 1 unspecified atom stereocenters. The van der Waals surface area contributed by atoms with Crippen LogP contribution in [0.5, 0.6) is 0 Å². The van der Waals surface area contributed by atoms with Gasteiger partial charge in [0.15, 0.2) is 0 Å². The van der Waals surface area contributed by atoms with Gasteiger partial charge in [-0.3, -0.25) is 4.79 Å². The van der Waals surface area contributed by atoms with Gasteiger partial charge in [0.1, 0.15) is 17.7 Å². The van der Waals surface area contributed by atoms with Gasteiger partial charge in [-0.15, -0.1) is 0 Å². The Bertz CT molecular complexity index is 447. The van der Waals surface area contributed by atoms with Crippen LogP contribution in [0, 0.1) is 0 Å². The van der Waals surface area contributed by atoms with Gasteiger partial charge in [0, 0.05) is 0 Å². The summed E-state index contributed by atoms with van der Waals surface area (Å²) < 4.78 is 10.5. The Hall–Kier alpha value is -1.79. The largest absolute Gasteiger partial charge is 0.480 e. The molecule has 0 aromatic rings. The van der Waals surface area contributed by atoms with Crippen LogP contribution in [0.15, 0.2) is 0 Å². The maximum absolute atomic E-state index is 12.1. The Balaban J connectivity index is 2.51. The number of nitrogens with one attached hydrogen (secondary N) is 1. The maximum Gasteiger partial charge on any atom is 0.408 e. The summed E-state index contributed by atoms with van der Waals surface area (Å²) in [5, 5.41) is 11.4. The van der Waals surface area contributed by atoms with Gasteiger partial charge in [-0.1, -0.05) is 25.7 Å². The standard InChI is InChI=1S/C18H31NO6/c1-18(2,3)25-17(23)19-14(16(21)22)12-15(20)24-13-10-8-6-4-5-7-9-11-13/h13-14H,4-12H2,1-3H3,(H,19,23)(H,21,22).